The third-order valence-corrected chi connectivity index (χ3v) is 5.48. The number of likely N-dealkylation sites (tertiary alicyclic amines) is 1. The van der Waals surface area contributed by atoms with E-state index in [-0.39, 0.29) is 0 Å². The highest BCUT2D eigenvalue weighted by molar-refractivity contribution is 7.80. The standard InChI is InChI=1S/C14H27NS/c1-12(2)13-5-8-15(9-13)10-14(11-16)6-3-4-7-14/h12-13,16H,3-11H2,1-2H3. The summed E-state index contributed by atoms with van der Waals surface area (Å²) in [5.74, 6) is 2.90. The lowest BCUT2D eigenvalue weighted by atomic mass is 9.88. The fourth-order valence-electron chi connectivity index (χ4n) is 3.52. The van der Waals surface area contributed by atoms with Gasteiger partial charge < -0.3 is 4.90 Å². The molecule has 1 saturated heterocycles. The van der Waals surface area contributed by atoms with Gasteiger partial charge in [0.1, 0.15) is 0 Å². The lowest BCUT2D eigenvalue weighted by Crippen LogP contribution is -2.36. The van der Waals surface area contributed by atoms with Crippen molar-refractivity contribution in [3.8, 4) is 0 Å². The van der Waals surface area contributed by atoms with Crippen LogP contribution in [-0.2, 0) is 0 Å². The predicted octanol–water partition coefficient (Wildman–Crippen LogP) is 3.45. The molecule has 0 amide bonds. The highest BCUT2D eigenvalue weighted by Crippen LogP contribution is 2.40. The normalized spacial score (nSPS) is 30.4. The fraction of sp³-hybridized carbons (Fsp3) is 1.00. The molecule has 1 saturated carbocycles. The minimum Gasteiger partial charge on any atom is -0.302 e. The Labute approximate surface area is 106 Å². The minimum absolute atomic E-state index is 0.564. The van der Waals surface area contributed by atoms with Gasteiger partial charge in [0, 0.05) is 13.1 Å². The molecule has 1 unspecified atom stereocenters. The lowest BCUT2D eigenvalue weighted by Gasteiger charge is -2.32. The molecule has 0 spiro atoms. The molecule has 0 aromatic carbocycles. The van der Waals surface area contributed by atoms with Crippen LogP contribution in [-0.4, -0.2) is 30.3 Å². The van der Waals surface area contributed by atoms with E-state index in [2.05, 4.69) is 31.4 Å². The Morgan fingerprint density at radius 2 is 2.00 bits per heavy atom. The quantitative estimate of drug-likeness (QED) is 0.738. The van der Waals surface area contributed by atoms with Crippen LogP contribution in [0.4, 0.5) is 0 Å². The maximum Gasteiger partial charge on any atom is 0.00459 e. The highest BCUT2D eigenvalue weighted by Gasteiger charge is 2.36. The Kier molecular flexibility index (Phi) is 4.23. The van der Waals surface area contributed by atoms with Gasteiger partial charge in [-0.05, 0) is 48.8 Å². The van der Waals surface area contributed by atoms with Crippen molar-refractivity contribution in [2.45, 2.75) is 46.0 Å². The molecule has 1 aliphatic carbocycles. The molecule has 2 fully saturated rings. The molecule has 16 heavy (non-hydrogen) atoms. The molecule has 94 valence electrons. The SMILES string of the molecule is CC(C)C1CCN(CC2(CS)CCCC2)C1. The average Bonchev–Trinajstić information content (AvgIpc) is 2.88. The summed E-state index contributed by atoms with van der Waals surface area (Å²) in [6.45, 7) is 8.74. The van der Waals surface area contributed by atoms with Crippen LogP contribution in [0.25, 0.3) is 0 Å². The van der Waals surface area contributed by atoms with E-state index < -0.39 is 0 Å². The molecule has 2 heteroatoms. The smallest absolute Gasteiger partial charge is 0.00459 e. The van der Waals surface area contributed by atoms with Crippen molar-refractivity contribution >= 4 is 12.6 Å². The molecule has 2 aliphatic rings. The van der Waals surface area contributed by atoms with Gasteiger partial charge in [-0.25, -0.2) is 0 Å². The first-order valence-corrected chi connectivity index (χ1v) is 7.62. The van der Waals surface area contributed by atoms with Gasteiger partial charge in [-0.3, -0.25) is 0 Å². The van der Waals surface area contributed by atoms with Crippen molar-refractivity contribution in [3.05, 3.63) is 0 Å². The maximum atomic E-state index is 4.61. The molecular formula is C14H27NS. The van der Waals surface area contributed by atoms with Crippen LogP contribution in [0.1, 0.15) is 46.0 Å². The van der Waals surface area contributed by atoms with Gasteiger partial charge in [-0.2, -0.15) is 12.6 Å². The monoisotopic (exact) mass is 241 g/mol. The third-order valence-electron chi connectivity index (χ3n) is 4.81. The number of hydrogen-bond acceptors (Lipinski definition) is 2. The Morgan fingerprint density at radius 1 is 1.31 bits per heavy atom. The van der Waals surface area contributed by atoms with Crippen LogP contribution in [0.3, 0.4) is 0 Å². The second-order valence-corrected chi connectivity index (χ2v) is 6.71. The summed E-state index contributed by atoms with van der Waals surface area (Å²) in [5.41, 5.74) is 0.564. The fourth-order valence-corrected chi connectivity index (χ4v) is 3.93. The summed E-state index contributed by atoms with van der Waals surface area (Å²) in [6.07, 6.45) is 7.11. The van der Waals surface area contributed by atoms with Gasteiger partial charge >= 0.3 is 0 Å². The van der Waals surface area contributed by atoms with Crippen LogP contribution in [0.2, 0.25) is 0 Å². The van der Waals surface area contributed by atoms with Crippen LogP contribution in [0.15, 0.2) is 0 Å². The first-order chi connectivity index (χ1) is 7.65. The number of nitrogens with zero attached hydrogens (tertiary/aromatic N) is 1. The summed E-state index contributed by atoms with van der Waals surface area (Å²) in [7, 11) is 0. The van der Waals surface area contributed by atoms with E-state index in [0.717, 1.165) is 17.6 Å². The van der Waals surface area contributed by atoms with Crippen molar-refractivity contribution in [1.29, 1.82) is 0 Å². The second kappa shape index (κ2) is 5.30. The molecule has 0 aromatic rings. The Balaban J connectivity index is 1.86. The van der Waals surface area contributed by atoms with Gasteiger partial charge in [0.25, 0.3) is 0 Å². The van der Waals surface area contributed by atoms with Crippen molar-refractivity contribution in [3.63, 3.8) is 0 Å². The van der Waals surface area contributed by atoms with E-state index in [4.69, 9.17) is 0 Å². The number of hydrogen-bond donors (Lipinski definition) is 1. The summed E-state index contributed by atoms with van der Waals surface area (Å²) in [4.78, 5) is 2.71. The second-order valence-electron chi connectivity index (χ2n) is 6.39. The minimum atomic E-state index is 0.564. The molecule has 1 nitrogen and oxygen atoms in total. The molecule has 0 radical (unpaired) electrons. The molecule has 2 rings (SSSR count). The van der Waals surface area contributed by atoms with E-state index in [1.165, 1.54) is 51.7 Å². The average molecular weight is 241 g/mol. The van der Waals surface area contributed by atoms with Crippen molar-refractivity contribution in [1.82, 2.24) is 4.90 Å². The summed E-state index contributed by atoms with van der Waals surface area (Å²) in [6, 6.07) is 0. The summed E-state index contributed by atoms with van der Waals surface area (Å²) < 4.78 is 0. The van der Waals surface area contributed by atoms with Gasteiger partial charge in [0.05, 0.1) is 0 Å². The molecule has 0 aromatic heterocycles. The summed E-state index contributed by atoms with van der Waals surface area (Å²) >= 11 is 4.61. The van der Waals surface area contributed by atoms with Crippen LogP contribution in [0, 0.1) is 17.3 Å². The molecule has 1 heterocycles. The lowest BCUT2D eigenvalue weighted by molar-refractivity contribution is 0.191. The van der Waals surface area contributed by atoms with Crippen molar-refractivity contribution in [2.75, 3.05) is 25.4 Å². The number of rotatable bonds is 4. The largest absolute Gasteiger partial charge is 0.302 e. The van der Waals surface area contributed by atoms with E-state index in [1.54, 1.807) is 0 Å². The van der Waals surface area contributed by atoms with E-state index in [0.29, 0.717) is 5.41 Å². The molecular weight excluding hydrogens is 214 g/mol. The molecule has 0 bridgehead atoms. The van der Waals surface area contributed by atoms with Crippen molar-refractivity contribution in [2.24, 2.45) is 17.3 Å². The van der Waals surface area contributed by atoms with E-state index >= 15 is 0 Å². The van der Waals surface area contributed by atoms with Gasteiger partial charge in [-0.1, -0.05) is 26.7 Å². The van der Waals surface area contributed by atoms with Crippen LogP contribution < -0.4 is 0 Å². The maximum absolute atomic E-state index is 4.61. The van der Waals surface area contributed by atoms with E-state index in [9.17, 15) is 0 Å². The third kappa shape index (κ3) is 2.76. The molecule has 1 atom stereocenters. The topological polar surface area (TPSA) is 3.24 Å². The Morgan fingerprint density at radius 3 is 2.50 bits per heavy atom. The van der Waals surface area contributed by atoms with E-state index in [1.807, 2.05) is 0 Å². The number of thiol groups is 1. The Bertz CT molecular complexity index is 221. The first-order valence-electron chi connectivity index (χ1n) is 6.98. The predicted molar refractivity (Wildman–Crippen MR) is 74.1 cm³/mol. The van der Waals surface area contributed by atoms with Crippen molar-refractivity contribution < 1.29 is 0 Å². The van der Waals surface area contributed by atoms with Crippen LogP contribution in [0.5, 0.6) is 0 Å². The highest BCUT2D eigenvalue weighted by atomic mass is 32.1. The van der Waals surface area contributed by atoms with Gasteiger partial charge in [-0.15, -0.1) is 0 Å². The Hall–Kier alpha value is 0.310. The summed E-state index contributed by atoms with van der Waals surface area (Å²) in [5, 5.41) is 0. The van der Waals surface area contributed by atoms with Gasteiger partial charge in [0.15, 0.2) is 0 Å². The zero-order chi connectivity index (χ0) is 11.6. The molecule has 1 aliphatic heterocycles. The zero-order valence-electron chi connectivity index (χ0n) is 10.9. The first kappa shape index (κ1) is 12.8. The zero-order valence-corrected chi connectivity index (χ0v) is 11.8. The van der Waals surface area contributed by atoms with Crippen LogP contribution >= 0.6 is 12.6 Å². The van der Waals surface area contributed by atoms with Gasteiger partial charge in [0.2, 0.25) is 0 Å². The molecule has 0 N–H and O–H groups in total.